The monoisotopic (exact) mass is 241 g/mol. The third-order valence-electron chi connectivity index (χ3n) is 3.75. The molecule has 3 unspecified atom stereocenters. The van der Waals surface area contributed by atoms with Gasteiger partial charge in [0.25, 0.3) is 0 Å². The molecule has 0 spiro atoms. The lowest BCUT2D eigenvalue weighted by Gasteiger charge is -2.33. The van der Waals surface area contributed by atoms with Gasteiger partial charge in [-0.1, -0.05) is 0 Å². The van der Waals surface area contributed by atoms with Crippen molar-refractivity contribution in [3.8, 4) is 0 Å². The number of hydrogen-bond donors (Lipinski definition) is 1. The predicted molar refractivity (Wildman–Crippen MR) is 64.8 cm³/mol. The van der Waals surface area contributed by atoms with E-state index in [4.69, 9.17) is 9.47 Å². The van der Waals surface area contributed by atoms with E-state index in [1.54, 1.807) is 0 Å². The first-order chi connectivity index (χ1) is 7.99. The molecule has 0 amide bonds. The van der Waals surface area contributed by atoms with E-state index in [0.29, 0.717) is 0 Å². The molecule has 0 aromatic rings. The second-order valence-electron chi connectivity index (χ2n) is 5.62. The van der Waals surface area contributed by atoms with Crippen molar-refractivity contribution in [3.05, 3.63) is 0 Å². The molecule has 17 heavy (non-hydrogen) atoms. The summed E-state index contributed by atoms with van der Waals surface area (Å²) >= 11 is 0. The van der Waals surface area contributed by atoms with Crippen molar-refractivity contribution < 1.29 is 14.3 Å². The first kappa shape index (κ1) is 12.8. The SMILES string of the molecule is CC1CC(OC(=O)C2(C)CCCN2)CC(C)O1. The maximum Gasteiger partial charge on any atom is 0.326 e. The summed E-state index contributed by atoms with van der Waals surface area (Å²) in [5.41, 5.74) is -0.467. The van der Waals surface area contributed by atoms with Crippen molar-refractivity contribution in [2.75, 3.05) is 6.54 Å². The summed E-state index contributed by atoms with van der Waals surface area (Å²) in [6.07, 6.45) is 3.92. The maximum atomic E-state index is 12.1. The molecule has 2 aliphatic heterocycles. The van der Waals surface area contributed by atoms with Crippen LogP contribution in [0.15, 0.2) is 0 Å². The first-order valence-electron chi connectivity index (χ1n) is 6.61. The molecular formula is C13H23NO3. The van der Waals surface area contributed by atoms with Crippen molar-refractivity contribution in [1.82, 2.24) is 5.32 Å². The van der Waals surface area contributed by atoms with E-state index in [1.165, 1.54) is 0 Å². The third-order valence-corrected chi connectivity index (χ3v) is 3.75. The normalized spacial score (nSPS) is 42.4. The molecule has 0 aromatic heterocycles. The van der Waals surface area contributed by atoms with Crippen molar-refractivity contribution in [2.24, 2.45) is 0 Å². The molecule has 98 valence electrons. The fourth-order valence-electron chi connectivity index (χ4n) is 2.79. The Hall–Kier alpha value is -0.610. The summed E-state index contributed by atoms with van der Waals surface area (Å²) in [6, 6.07) is 0. The largest absolute Gasteiger partial charge is 0.461 e. The number of hydrogen-bond acceptors (Lipinski definition) is 4. The zero-order chi connectivity index (χ0) is 12.5. The molecule has 2 saturated heterocycles. The zero-order valence-corrected chi connectivity index (χ0v) is 11.0. The Kier molecular flexibility index (Phi) is 3.73. The molecule has 0 aliphatic carbocycles. The summed E-state index contributed by atoms with van der Waals surface area (Å²) in [6.45, 7) is 6.92. The summed E-state index contributed by atoms with van der Waals surface area (Å²) < 4.78 is 11.3. The van der Waals surface area contributed by atoms with Crippen LogP contribution in [0.2, 0.25) is 0 Å². The van der Waals surface area contributed by atoms with Gasteiger partial charge in [0.05, 0.1) is 12.2 Å². The Morgan fingerprint density at radius 3 is 2.53 bits per heavy atom. The van der Waals surface area contributed by atoms with E-state index < -0.39 is 5.54 Å². The lowest BCUT2D eigenvalue weighted by molar-refractivity contribution is -0.166. The van der Waals surface area contributed by atoms with Crippen LogP contribution >= 0.6 is 0 Å². The molecule has 2 rings (SSSR count). The third kappa shape index (κ3) is 2.99. The second kappa shape index (κ2) is 4.94. The van der Waals surface area contributed by atoms with E-state index in [2.05, 4.69) is 5.32 Å². The molecular weight excluding hydrogens is 218 g/mol. The smallest absolute Gasteiger partial charge is 0.326 e. The fraction of sp³-hybridized carbons (Fsp3) is 0.923. The number of nitrogens with one attached hydrogen (secondary N) is 1. The maximum absolute atomic E-state index is 12.1. The Morgan fingerprint density at radius 2 is 2.00 bits per heavy atom. The first-order valence-corrected chi connectivity index (χ1v) is 6.61. The van der Waals surface area contributed by atoms with Gasteiger partial charge in [0.15, 0.2) is 0 Å². The Balaban J connectivity index is 1.89. The summed E-state index contributed by atoms with van der Waals surface area (Å²) in [7, 11) is 0. The van der Waals surface area contributed by atoms with Gasteiger partial charge in [-0.2, -0.15) is 0 Å². The topological polar surface area (TPSA) is 47.6 Å². The molecule has 1 N–H and O–H groups in total. The van der Waals surface area contributed by atoms with Crippen LogP contribution in [0.25, 0.3) is 0 Å². The molecule has 2 heterocycles. The summed E-state index contributed by atoms with van der Waals surface area (Å²) in [5, 5.41) is 3.24. The Labute approximate surface area is 103 Å². The molecule has 2 fully saturated rings. The molecule has 3 atom stereocenters. The minimum absolute atomic E-state index is 0.0143. The van der Waals surface area contributed by atoms with E-state index in [1.807, 2.05) is 20.8 Å². The van der Waals surface area contributed by atoms with Crippen LogP contribution in [-0.4, -0.2) is 36.4 Å². The highest BCUT2D eigenvalue weighted by atomic mass is 16.6. The number of carbonyl (C=O) groups is 1. The number of ether oxygens (including phenoxy) is 2. The van der Waals surface area contributed by atoms with Gasteiger partial charge in [-0.25, -0.2) is 0 Å². The van der Waals surface area contributed by atoms with Gasteiger partial charge < -0.3 is 14.8 Å². The van der Waals surface area contributed by atoms with Crippen LogP contribution in [0.1, 0.15) is 46.5 Å². The Bertz CT molecular complexity index is 276. The van der Waals surface area contributed by atoms with E-state index in [9.17, 15) is 4.79 Å². The second-order valence-corrected chi connectivity index (χ2v) is 5.62. The fourth-order valence-corrected chi connectivity index (χ4v) is 2.79. The zero-order valence-electron chi connectivity index (χ0n) is 11.0. The van der Waals surface area contributed by atoms with Crippen LogP contribution < -0.4 is 5.32 Å². The van der Waals surface area contributed by atoms with E-state index >= 15 is 0 Å². The van der Waals surface area contributed by atoms with Crippen molar-refractivity contribution >= 4 is 5.97 Å². The highest BCUT2D eigenvalue weighted by molar-refractivity contribution is 5.80. The molecule has 0 saturated carbocycles. The summed E-state index contributed by atoms with van der Waals surface area (Å²) in [5.74, 6) is -0.0960. The number of rotatable bonds is 2. The van der Waals surface area contributed by atoms with Crippen molar-refractivity contribution in [2.45, 2.75) is 70.3 Å². The minimum Gasteiger partial charge on any atom is -0.461 e. The quantitative estimate of drug-likeness (QED) is 0.746. The van der Waals surface area contributed by atoms with Crippen LogP contribution in [0.5, 0.6) is 0 Å². The van der Waals surface area contributed by atoms with Gasteiger partial charge in [-0.05, 0) is 40.2 Å². The van der Waals surface area contributed by atoms with Gasteiger partial charge >= 0.3 is 5.97 Å². The van der Waals surface area contributed by atoms with Gasteiger partial charge in [0, 0.05) is 12.8 Å². The lowest BCUT2D eigenvalue weighted by atomic mass is 9.99. The average Bonchev–Trinajstić information content (AvgIpc) is 2.64. The standard InChI is InChI=1S/C13H23NO3/c1-9-7-11(8-10(2)16-9)17-12(15)13(3)5-4-6-14-13/h9-11,14H,4-8H2,1-3H3. The van der Waals surface area contributed by atoms with Crippen molar-refractivity contribution in [1.29, 1.82) is 0 Å². The van der Waals surface area contributed by atoms with Crippen LogP contribution in [0, 0.1) is 0 Å². The van der Waals surface area contributed by atoms with E-state index in [-0.39, 0.29) is 24.3 Å². The molecule has 0 bridgehead atoms. The molecule has 0 aromatic carbocycles. The van der Waals surface area contributed by atoms with E-state index in [0.717, 1.165) is 32.2 Å². The number of esters is 1. The highest BCUT2D eigenvalue weighted by Crippen LogP contribution is 2.26. The summed E-state index contributed by atoms with van der Waals surface area (Å²) in [4.78, 5) is 12.1. The van der Waals surface area contributed by atoms with Gasteiger partial charge in [0.1, 0.15) is 11.6 Å². The molecule has 0 radical (unpaired) electrons. The average molecular weight is 241 g/mol. The Morgan fingerprint density at radius 1 is 1.35 bits per heavy atom. The lowest BCUT2D eigenvalue weighted by Crippen LogP contribution is -2.48. The predicted octanol–water partition coefficient (Wildman–Crippen LogP) is 1.63. The van der Waals surface area contributed by atoms with Gasteiger partial charge in [-0.15, -0.1) is 0 Å². The van der Waals surface area contributed by atoms with Crippen LogP contribution in [-0.2, 0) is 14.3 Å². The van der Waals surface area contributed by atoms with Crippen LogP contribution in [0.3, 0.4) is 0 Å². The molecule has 4 heteroatoms. The van der Waals surface area contributed by atoms with Gasteiger partial charge in [-0.3, -0.25) is 4.79 Å². The minimum atomic E-state index is -0.467. The van der Waals surface area contributed by atoms with Crippen molar-refractivity contribution in [3.63, 3.8) is 0 Å². The van der Waals surface area contributed by atoms with Gasteiger partial charge in [0.2, 0.25) is 0 Å². The molecule has 2 aliphatic rings. The number of carbonyl (C=O) groups excluding carboxylic acids is 1. The van der Waals surface area contributed by atoms with Crippen LogP contribution in [0.4, 0.5) is 0 Å². The molecule has 4 nitrogen and oxygen atoms in total. The highest BCUT2D eigenvalue weighted by Gasteiger charge is 2.39.